The Balaban J connectivity index is 2.08. The molecule has 24 heavy (non-hydrogen) atoms. The zero-order chi connectivity index (χ0) is 17.4. The summed E-state index contributed by atoms with van der Waals surface area (Å²) >= 11 is 0. The second-order valence-corrected chi connectivity index (χ2v) is 6.54. The van der Waals surface area contributed by atoms with E-state index in [1.54, 1.807) is 19.2 Å². The first-order valence-electron chi connectivity index (χ1n) is 8.12. The SMILES string of the molecule is Cc1c(F)ccc(-c2cnc3ccn(CC(=O)C(C)C)c3c2)c1C. The van der Waals surface area contributed by atoms with E-state index in [9.17, 15) is 9.18 Å². The highest BCUT2D eigenvalue weighted by atomic mass is 19.1. The molecule has 4 heteroatoms. The van der Waals surface area contributed by atoms with Crippen LogP contribution in [-0.4, -0.2) is 15.3 Å². The van der Waals surface area contributed by atoms with Crippen molar-refractivity contribution in [2.75, 3.05) is 0 Å². The first-order chi connectivity index (χ1) is 11.4. The summed E-state index contributed by atoms with van der Waals surface area (Å²) in [6, 6.07) is 7.21. The molecule has 0 amide bonds. The summed E-state index contributed by atoms with van der Waals surface area (Å²) in [7, 11) is 0. The quantitative estimate of drug-likeness (QED) is 0.698. The van der Waals surface area contributed by atoms with Crippen LogP contribution in [0, 0.1) is 25.6 Å². The molecule has 3 aromatic rings. The fourth-order valence-corrected chi connectivity index (χ4v) is 2.80. The first-order valence-corrected chi connectivity index (χ1v) is 8.12. The largest absolute Gasteiger partial charge is 0.339 e. The normalized spacial score (nSPS) is 11.4. The lowest BCUT2D eigenvalue weighted by atomic mass is 9.97. The van der Waals surface area contributed by atoms with Crippen LogP contribution in [0.2, 0.25) is 0 Å². The van der Waals surface area contributed by atoms with Crippen LogP contribution in [0.4, 0.5) is 4.39 Å². The third-order valence-corrected chi connectivity index (χ3v) is 4.62. The molecule has 0 aliphatic heterocycles. The molecule has 3 nitrogen and oxygen atoms in total. The Morgan fingerprint density at radius 3 is 2.67 bits per heavy atom. The molecule has 0 atom stereocenters. The zero-order valence-corrected chi connectivity index (χ0v) is 14.4. The third kappa shape index (κ3) is 2.84. The highest BCUT2D eigenvalue weighted by Gasteiger charge is 2.13. The number of halogens is 1. The molecule has 0 bridgehead atoms. The van der Waals surface area contributed by atoms with Gasteiger partial charge >= 0.3 is 0 Å². The van der Waals surface area contributed by atoms with Gasteiger partial charge in [0.15, 0.2) is 5.78 Å². The first kappa shape index (κ1) is 16.4. The van der Waals surface area contributed by atoms with Gasteiger partial charge in [-0.05, 0) is 48.7 Å². The highest BCUT2D eigenvalue weighted by molar-refractivity contribution is 5.85. The van der Waals surface area contributed by atoms with E-state index in [-0.39, 0.29) is 17.5 Å². The van der Waals surface area contributed by atoms with Crippen molar-refractivity contribution in [1.82, 2.24) is 9.55 Å². The lowest BCUT2D eigenvalue weighted by Crippen LogP contribution is -2.14. The second kappa shape index (κ2) is 6.19. The van der Waals surface area contributed by atoms with Gasteiger partial charge in [0.2, 0.25) is 0 Å². The van der Waals surface area contributed by atoms with Gasteiger partial charge in [0, 0.05) is 23.9 Å². The van der Waals surface area contributed by atoms with Crippen LogP contribution in [0.5, 0.6) is 0 Å². The molecular weight excluding hydrogens is 303 g/mol. The Bertz CT molecular complexity index is 925. The van der Waals surface area contributed by atoms with E-state index in [0.29, 0.717) is 12.1 Å². The van der Waals surface area contributed by atoms with Crippen molar-refractivity contribution in [2.24, 2.45) is 5.92 Å². The van der Waals surface area contributed by atoms with Gasteiger partial charge in [-0.2, -0.15) is 0 Å². The van der Waals surface area contributed by atoms with E-state index in [4.69, 9.17) is 0 Å². The van der Waals surface area contributed by atoms with Gasteiger partial charge in [-0.25, -0.2) is 4.39 Å². The Kier molecular flexibility index (Phi) is 4.22. The van der Waals surface area contributed by atoms with Gasteiger partial charge < -0.3 is 4.57 Å². The number of hydrogen-bond donors (Lipinski definition) is 0. The number of carbonyl (C=O) groups excluding carboxylic acids is 1. The molecule has 0 saturated carbocycles. The number of aromatic nitrogens is 2. The van der Waals surface area contributed by atoms with E-state index in [1.807, 2.05) is 43.7 Å². The molecule has 0 N–H and O–H groups in total. The number of rotatable bonds is 4. The average molecular weight is 324 g/mol. The summed E-state index contributed by atoms with van der Waals surface area (Å²) in [5.41, 5.74) is 5.23. The van der Waals surface area contributed by atoms with E-state index in [0.717, 1.165) is 27.7 Å². The number of benzene rings is 1. The van der Waals surface area contributed by atoms with Gasteiger partial charge in [-0.3, -0.25) is 9.78 Å². The third-order valence-electron chi connectivity index (χ3n) is 4.62. The lowest BCUT2D eigenvalue weighted by molar-refractivity contribution is -0.122. The second-order valence-electron chi connectivity index (χ2n) is 6.54. The average Bonchev–Trinajstić information content (AvgIpc) is 2.95. The predicted molar refractivity (Wildman–Crippen MR) is 94.4 cm³/mol. The smallest absolute Gasteiger partial charge is 0.155 e. The molecule has 0 aliphatic carbocycles. The number of Topliss-reactive ketones (excluding diaryl/α,β-unsaturated/α-hetero) is 1. The maximum Gasteiger partial charge on any atom is 0.155 e. The zero-order valence-electron chi connectivity index (χ0n) is 14.4. The maximum absolute atomic E-state index is 13.7. The van der Waals surface area contributed by atoms with Gasteiger partial charge in [0.25, 0.3) is 0 Å². The Morgan fingerprint density at radius 2 is 1.96 bits per heavy atom. The summed E-state index contributed by atoms with van der Waals surface area (Å²) in [6.45, 7) is 7.85. The molecule has 0 spiro atoms. The molecule has 124 valence electrons. The van der Waals surface area contributed by atoms with E-state index in [2.05, 4.69) is 4.98 Å². The molecule has 2 heterocycles. The van der Waals surface area contributed by atoms with Crippen molar-refractivity contribution in [3.63, 3.8) is 0 Å². The van der Waals surface area contributed by atoms with Crippen LogP contribution >= 0.6 is 0 Å². The van der Waals surface area contributed by atoms with Gasteiger partial charge in [0.05, 0.1) is 17.6 Å². The van der Waals surface area contributed by atoms with Crippen molar-refractivity contribution in [3.8, 4) is 11.1 Å². The molecule has 0 radical (unpaired) electrons. The minimum absolute atomic E-state index is 0.000541. The summed E-state index contributed by atoms with van der Waals surface area (Å²) < 4.78 is 15.6. The minimum atomic E-state index is -0.198. The van der Waals surface area contributed by atoms with Gasteiger partial charge in [0.1, 0.15) is 5.82 Å². The highest BCUT2D eigenvalue weighted by Crippen LogP contribution is 2.29. The number of nitrogens with zero attached hydrogens (tertiary/aromatic N) is 2. The fraction of sp³-hybridized carbons (Fsp3) is 0.300. The van der Waals surface area contributed by atoms with Crippen molar-refractivity contribution in [1.29, 1.82) is 0 Å². The van der Waals surface area contributed by atoms with Crippen LogP contribution < -0.4 is 0 Å². The predicted octanol–water partition coefficient (Wildman–Crippen LogP) is 4.68. The number of pyridine rings is 1. The summed E-state index contributed by atoms with van der Waals surface area (Å²) in [5.74, 6) is -0.0107. The van der Waals surface area contributed by atoms with E-state index < -0.39 is 0 Å². The number of carbonyl (C=O) groups is 1. The molecule has 0 saturated heterocycles. The van der Waals surface area contributed by atoms with Gasteiger partial charge in [-0.15, -0.1) is 0 Å². The topological polar surface area (TPSA) is 34.9 Å². The number of hydrogen-bond acceptors (Lipinski definition) is 2. The minimum Gasteiger partial charge on any atom is -0.339 e. The van der Waals surface area contributed by atoms with E-state index in [1.165, 1.54) is 6.07 Å². The number of ketones is 1. The fourth-order valence-electron chi connectivity index (χ4n) is 2.80. The molecule has 3 rings (SSSR count). The Labute approximate surface area is 141 Å². The van der Waals surface area contributed by atoms with Crippen molar-refractivity contribution >= 4 is 16.8 Å². The molecule has 2 aromatic heterocycles. The van der Waals surface area contributed by atoms with Crippen LogP contribution in [-0.2, 0) is 11.3 Å². The molecule has 1 aromatic carbocycles. The Morgan fingerprint density at radius 1 is 1.21 bits per heavy atom. The van der Waals surface area contributed by atoms with Crippen molar-refractivity contribution in [2.45, 2.75) is 34.2 Å². The molecule has 0 unspecified atom stereocenters. The lowest BCUT2D eigenvalue weighted by Gasteiger charge is -2.11. The summed E-state index contributed by atoms with van der Waals surface area (Å²) in [6.07, 6.45) is 3.70. The maximum atomic E-state index is 13.7. The summed E-state index contributed by atoms with van der Waals surface area (Å²) in [4.78, 5) is 16.6. The van der Waals surface area contributed by atoms with Gasteiger partial charge in [-0.1, -0.05) is 19.9 Å². The van der Waals surface area contributed by atoms with Crippen molar-refractivity contribution in [3.05, 3.63) is 53.6 Å². The number of fused-ring (bicyclic) bond motifs is 1. The van der Waals surface area contributed by atoms with Crippen LogP contribution in [0.25, 0.3) is 22.2 Å². The van der Waals surface area contributed by atoms with Crippen LogP contribution in [0.1, 0.15) is 25.0 Å². The molecule has 0 aliphatic rings. The molecular formula is C20H21FN2O. The Hall–Kier alpha value is -2.49. The molecule has 0 fully saturated rings. The standard InChI is InChI=1S/C20H21FN2O/c1-12(2)20(24)11-23-8-7-18-19(23)9-15(10-22-18)16-5-6-17(21)14(4)13(16)3/h5-10,12H,11H2,1-4H3. The van der Waals surface area contributed by atoms with Crippen molar-refractivity contribution < 1.29 is 9.18 Å². The van der Waals surface area contributed by atoms with Crippen LogP contribution in [0.3, 0.4) is 0 Å². The monoisotopic (exact) mass is 324 g/mol. The summed E-state index contributed by atoms with van der Waals surface area (Å²) in [5, 5.41) is 0. The van der Waals surface area contributed by atoms with E-state index >= 15 is 0 Å². The van der Waals surface area contributed by atoms with Crippen LogP contribution in [0.15, 0.2) is 36.7 Å².